The minimum absolute atomic E-state index is 0.183. The van der Waals surface area contributed by atoms with Crippen molar-refractivity contribution in [2.45, 2.75) is 67.4 Å². The molecule has 3 rings (SSSR count). The van der Waals surface area contributed by atoms with Gasteiger partial charge in [-0.1, -0.05) is 113 Å². The standard InChI is InChI=1S/C36H45O5P/c1-7-27(3)19-20-33(37)41-26-36(6,8-2)21-22-40-25-30-23-28(4)34(29(5)24-30)35(38)42(39,31-15-11-9-12-16-31)32-17-13-10-14-18-32/h9-20,23-24,27H,7-8,21-22,25-26H2,1-6H3/b20-19+. The molecule has 0 saturated carbocycles. The lowest BCUT2D eigenvalue weighted by Gasteiger charge is -2.27. The number of aryl methyl sites for hydroxylation is 2. The second-order valence-electron chi connectivity index (χ2n) is 11.5. The second-order valence-corrected chi connectivity index (χ2v) is 14.2. The molecule has 2 unspecified atom stereocenters. The Balaban J connectivity index is 1.68. The molecule has 3 aromatic carbocycles. The van der Waals surface area contributed by atoms with Crippen molar-refractivity contribution in [1.82, 2.24) is 0 Å². The predicted octanol–water partition coefficient (Wildman–Crippen LogP) is 7.93. The molecule has 2 atom stereocenters. The van der Waals surface area contributed by atoms with Crippen molar-refractivity contribution in [1.29, 1.82) is 0 Å². The fourth-order valence-corrected chi connectivity index (χ4v) is 7.44. The largest absolute Gasteiger partial charge is 0.462 e. The summed E-state index contributed by atoms with van der Waals surface area (Å²) in [4.78, 5) is 26.2. The van der Waals surface area contributed by atoms with E-state index >= 15 is 0 Å². The van der Waals surface area contributed by atoms with E-state index in [-0.39, 0.29) is 16.9 Å². The van der Waals surface area contributed by atoms with Gasteiger partial charge in [-0.25, -0.2) is 4.79 Å². The van der Waals surface area contributed by atoms with Crippen molar-refractivity contribution in [2.75, 3.05) is 13.2 Å². The highest BCUT2D eigenvalue weighted by atomic mass is 31.2. The Labute approximate surface area is 251 Å². The number of ether oxygens (including phenoxy) is 2. The number of benzene rings is 3. The van der Waals surface area contributed by atoms with Crippen molar-refractivity contribution in [2.24, 2.45) is 11.3 Å². The zero-order chi connectivity index (χ0) is 30.8. The summed E-state index contributed by atoms with van der Waals surface area (Å²) in [5.41, 5.74) is 2.48. The SMILES string of the molecule is CCC(C)/C=C/C(=O)OCC(C)(CC)CCOCc1cc(C)c(C(=O)P(=O)(c2ccccc2)c2ccccc2)c(C)c1. The summed E-state index contributed by atoms with van der Waals surface area (Å²) in [5, 5.41) is 1.06. The zero-order valence-corrected chi connectivity index (χ0v) is 26.8. The van der Waals surface area contributed by atoms with Crippen LogP contribution in [0.3, 0.4) is 0 Å². The topological polar surface area (TPSA) is 69.7 Å². The highest BCUT2D eigenvalue weighted by molar-refractivity contribution is 7.93. The number of esters is 1. The Kier molecular flexibility index (Phi) is 12.1. The average molecular weight is 589 g/mol. The molecule has 3 aromatic rings. The molecule has 6 heteroatoms. The van der Waals surface area contributed by atoms with Crippen LogP contribution < -0.4 is 10.6 Å². The summed E-state index contributed by atoms with van der Waals surface area (Å²) >= 11 is 0. The lowest BCUT2D eigenvalue weighted by Crippen LogP contribution is -2.26. The van der Waals surface area contributed by atoms with Crippen LogP contribution in [-0.2, 0) is 25.4 Å². The second kappa shape index (κ2) is 15.3. The Morgan fingerprint density at radius 1 is 0.929 bits per heavy atom. The maximum atomic E-state index is 14.6. The highest BCUT2D eigenvalue weighted by Crippen LogP contribution is 2.48. The third-order valence-electron chi connectivity index (χ3n) is 8.07. The van der Waals surface area contributed by atoms with Gasteiger partial charge >= 0.3 is 5.97 Å². The molecule has 0 radical (unpaired) electrons. The van der Waals surface area contributed by atoms with Crippen LogP contribution in [0.5, 0.6) is 0 Å². The normalized spacial score (nSPS) is 14.0. The molecule has 5 nitrogen and oxygen atoms in total. The molecule has 0 aliphatic carbocycles. The predicted molar refractivity (Wildman–Crippen MR) is 172 cm³/mol. The van der Waals surface area contributed by atoms with E-state index in [1.807, 2.05) is 68.5 Å². The third-order valence-corrected chi connectivity index (χ3v) is 10.9. The Morgan fingerprint density at radius 2 is 1.48 bits per heavy atom. The molecular weight excluding hydrogens is 543 g/mol. The van der Waals surface area contributed by atoms with Gasteiger partial charge in [0.15, 0.2) is 0 Å². The monoisotopic (exact) mass is 588 g/mol. The molecule has 0 aromatic heterocycles. The van der Waals surface area contributed by atoms with Gasteiger partial charge in [0.1, 0.15) is 0 Å². The van der Waals surface area contributed by atoms with E-state index in [0.29, 0.717) is 41.9 Å². The molecule has 0 spiro atoms. The van der Waals surface area contributed by atoms with E-state index in [1.54, 1.807) is 24.3 Å². The van der Waals surface area contributed by atoms with Gasteiger partial charge in [-0.15, -0.1) is 0 Å². The molecule has 0 fully saturated rings. The van der Waals surface area contributed by atoms with Gasteiger partial charge in [0.05, 0.1) is 13.2 Å². The number of carbonyl (C=O) groups is 2. The van der Waals surface area contributed by atoms with E-state index in [1.165, 1.54) is 6.08 Å². The summed E-state index contributed by atoms with van der Waals surface area (Å²) in [7, 11) is -3.59. The fourth-order valence-electron chi connectivity index (χ4n) is 4.82. The fraction of sp³-hybridized carbons (Fsp3) is 0.389. The first-order valence-corrected chi connectivity index (χ1v) is 16.5. The summed E-state index contributed by atoms with van der Waals surface area (Å²) in [5.74, 6) is 0.0424. The van der Waals surface area contributed by atoms with Crippen LogP contribution >= 0.6 is 7.14 Å². The van der Waals surface area contributed by atoms with Crippen molar-refractivity contribution in [3.05, 3.63) is 107 Å². The van der Waals surface area contributed by atoms with Gasteiger partial charge in [0, 0.05) is 34.3 Å². The molecule has 0 bridgehead atoms. The summed E-state index contributed by atoms with van der Waals surface area (Å²) in [6, 6.07) is 22.0. The Hall–Kier alpha value is -3.27. The maximum Gasteiger partial charge on any atom is 0.330 e. The number of hydrogen-bond acceptors (Lipinski definition) is 5. The Bertz CT molecular complexity index is 1350. The number of allylic oxidation sites excluding steroid dienone is 1. The molecule has 0 N–H and O–H groups in total. The van der Waals surface area contributed by atoms with Gasteiger partial charge in [-0.2, -0.15) is 0 Å². The summed E-state index contributed by atoms with van der Waals surface area (Å²) in [6.07, 6.45) is 6.00. The van der Waals surface area contributed by atoms with Crippen LogP contribution in [0.2, 0.25) is 0 Å². The first-order chi connectivity index (χ1) is 20.0. The van der Waals surface area contributed by atoms with Crippen molar-refractivity contribution in [3.63, 3.8) is 0 Å². The molecular formula is C36H45O5P. The van der Waals surface area contributed by atoms with Crippen LogP contribution in [0.15, 0.2) is 84.9 Å². The molecule has 224 valence electrons. The van der Waals surface area contributed by atoms with Crippen molar-refractivity contribution in [3.8, 4) is 0 Å². The van der Waals surface area contributed by atoms with E-state index in [9.17, 15) is 14.2 Å². The highest BCUT2D eigenvalue weighted by Gasteiger charge is 2.38. The van der Waals surface area contributed by atoms with Crippen LogP contribution in [-0.4, -0.2) is 24.7 Å². The van der Waals surface area contributed by atoms with Crippen LogP contribution in [0, 0.1) is 25.2 Å². The lowest BCUT2D eigenvalue weighted by molar-refractivity contribution is -0.141. The smallest absolute Gasteiger partial charge is 0.330 e. The quantitative estimate of drug-likeness (QED) is 0.0781. The van der Waals surface area contributed by atoms with Crippen LogP contribution in [0.1, 0.15) is 74.0 Å². The van der Waals surface area contributed by atoms with E-state index in [2.05, 4.69) is 27.7 Å². The molecule has 0 aliphatic rings. The third kappa shape index (κ3) is 8.40. The van der Waals surface area contributed by atoms with Gasteiger partial charge in [-0.3, -0.25) is 4.79 Å². The van der Waals surface area contributed by atoms with Gasteiger partial charge in [-0.05, 0) is 49.3 Å². The molecule has 42 heavy (non-hydrogen) atoms. The summed E-state index contributed by atoms with van der Waals surface area (Å²) < 4.78 is 26.2. The van der Waals surface area contributed by atoms with Gasteiger partial charge in [0.25, 0.3) is 0 Å². The number of rotatable bonds is 15. The van der Waals surface area contributed by atoms with Gasteiger partial charge < -0.3 is 14.0 Å². The van der Waals surface area contributed by atoms with Crippen LogP contribution in [0.25, 0.3) is 0 Å². The first-order valence-electron chi connectivity index (χ1n) is 14.8. The van der Waals surface area contributed by atoms with Gasteiger partial charge in [0.2, 0.25) is 12.7 Å². The lowest BCUT2D eigenvalue weighted by atomic mass is 9.85. The maximum absolute atomic E-state index is 14.6. The minimum Gasteiger partial charge on any atom is -0.462 e. The van der Waals surface area contributed by atoms with Crippen LogP contribution in [0.4, 0.5) is 0 Å². The zero-order valence-electron chi connectivity index (χ0n) is 25.9. The number of hydrogen-bond donors (Lipinski definition) is 0. The molecule has 0 saturated heterocycles. The Morgan fingerprint density at radius 3 is 1.98 bits per heavy atom. The minimum atomic E-state index is -3.59. The molecule has 0 heterocycles. The summed E-state index contributed by atoms with van der Waals surface area (Å²) in [6.45, 7) is 13.4. The first kappa shape index (κ1) is 33.2. The van der Waals surface area contributed by atoms with Crippen molar-refractivity contribution < 1.29 is 23.6 Å². The van der Waals surface area contributed by atoms with E-state index < -0.39 is 7.14 Å². The average Bonchev–Trinajstić information content (AvgIpc) is 3.01. The van der Waals surface area contributed by atoms with Crippen molar-refractivity contribution >= 4 is 29.2 Å². The van der Waals surface area contributed by atoms with E-state index in [0.717, 1.165) is 36.0 Å². The van der Waals surface area contributed by atoms with E-state index in [4.69, 9.17) is 9.47 Å². The molecule has 0 aliphatic heterocycles. The number of carbonyl (C=O) groups excluding carboxylic acids is 2. The molecule has 0 amide bonds.